The molecule has 0 atom stereocenters. The van der Waals surface area contributed by atoms with E-state index in [1.165, 1.54) is 0 Å². The molecule has 16 heavy (non-hydrogen) atoms. The van der Waals surface area contributed by atoms with Crippen molar-refractivity contribution in [2.75, 3.05) is 20.3 Å². The van der Waals surface area contributed by atoms with E-state index in [1.807, 2.05) is 37.3 Å². The molecule has 2 N–H and O–H groups in total. The lowest BCUT2D eigenvalue weighted by atomic mass is 10.1. The van der Waals surface area contributed by atoms with E-state index in [4.69, 9.17) is 15.2 Å². The fourth-order valence-corrected chi connectivity index (χ4v) is 1.39. The van der Waals surface area contributed by atoms with Gasteiger partial charge in [-0.05, 0) is 31.5 Å². The Kier molecular flexibility index (Phi) is 5.43. The second-order valence-corrected chi connectivity index (χ2v) is 3.39. The van der Waals surface area contributed by atoms with Gasteiger partial charge in [-0.25, -0.2) is 0 Å². The molecule has 0 spiro atoms. The first-order chi connectivity index (χ1) is 7.81. The fraction of sp³-hybridized carbons (Fsp3) is 0.385. The minimum Gasteiger partial charge on any atom is -0.497 e. The first-order valence-corrected chi connectivity index (χ1v) is 5.42. The van der Waals surface area contributed by atoms with Crippen LogP contribution in [0.25, 0.3) is 0 Å². The maximum Gasteiger partial charge on any atom is 0.126 e. The molecule has 0 aliphatic carbocycles. The van der Waals surface area contributed by atoms with Crippen LogP contribution in [0.3, 0.4) is 0 Å². The van der Waals surface area contributed by atoms with Crippen LogP contribution in [0.4, 0.5) is 0 Å². The third kappa shape index (κ3) is 3.59. The number of nitrogens with two attached hydrogens (primary N) is 1. The van der Waals surface area contributed by atoms with Crippen LogP contribution in [0.5, 0.6) is 11.5 Å². The smallest absolute Gasteiger partial charge is 0.126 e. The van der Waals surface area contributed by atoms with Crippen molar-refractivity contribution >= 4 is 0 Å². The molecule has 3 heteroatoms. The summed E-state index contributed by atoms with van der Waals surface area (Å²) in [4.78, 5) is 0. The van der Waals surface area contributed by atoms with Gasteiger partial charge in [0, 0.05) is 6.07 Å². The maximum absolute atomic E-state index is 5.65. The van der Waals surface area contributed by atoms with Crippen LogP contribution in [0.2, 0.25) is 0 Å². The Morgan fingerprint density at radius 1 is 1.38 bits per heavy atom. The molecule has 0 aliphatic heterocycles. The van der Waals surface area contributed by atoms with E-state index in [0.29, 0.717) is 13.2 Å². The summed E-state index contributed by atoms with van der Waals surface area (Å²) < 4.78 is 10.8. The summed E-state index contributed by atoms with van der Waals surface area (Å²) in [7, 11) is 1.65. The van der Waals surface area contributed by atoms with Gasteiger partial charge in [0.15, 0.2) is 0 Å². The first kappa shape index (κ1) is 12.6. The highest BCUT2D eigenvalue weighted by Crippen LogP contribution is 2.25. The predicted octanol–water partition coefficient (Wildman–Crippen LogP) is 2.15. The van der Waals surface area contributed by atoms with Crippen molar-refractivity contribution < 1.29 is 9.47 Å². The summed E-state index contributed by atoms with van der Waals surface area (Å²) in [6, 6.07) is 5.82. The largest absolute Gasteiger partial charge is 0.497 e. The van der Waals surface area contributed by atoms with Gasteiger partial charge in [0.2, 0.25) is 0 Å². The molecular weight excluding hydrogens is 202 g/mol. The Bertz CT molecular complexity index is 348. The molecule has 0 saturated heterocycles. The zero-order valence-corrected chi connectivity index (χ0v) is 9.90. The zero-order chi connectivity index (χ0) is 11.8. The summed E-state index contributed by atoms with van der Waals surface area (Å²) in [5.41, 5.74) is 6.67. The van der Waals surface area contributed by atoms with Gasteiger partial charge >= 0.3 is 0 Å². The normalized spacial score (nSPS) is 10.7. The number of methoxy groups -OCH3 is 1. The van der Waals surface area contributed by atoms with Crippen molar-refractivity contribution in [2.45, 2.75) is 13.3 Å². The lowest BCUT2D eigenvalue weighted by molar-refractivity contribution is 0.352. The molecule has 1 rings (SSSR count). The van der Waals surface area contributed by atoms with Crippen LogP contribution in [0.1, 0.15) is 12.5 Å². The van der Waals surface area contributed by atoms with Gasteiger partial charge in [0.25, 0.3) is 0 Å². The number of hydrogen-bond donors (Lipinski definition) is 1. The van der Waals surface area contributed by atoms with Gasteiger partial charge < -0.3 is 15.2 Å². The quantitative estimate of drug-likeness (QED) is 0.749. The topological polar surface area (TPSA) is 44.5 Å². The lowest BCUT2D eigenvalue weighted by Gasteiger charge is -2.11. The molecule has 1 aromatic rings. The van der Waals surface area contributed by atoms with Gasteiger partial charge in [-0.2, -0.15) is 0 Å². The second kappa shape index (κ2) is 6.90. The van der Waals surface area contributed by atoms with Crippen LogP contribution >= 0.6 is 0 Å². The number of benzene rings is 1. The van der Waals surface area contributed by atoms with Gasteiger partial charge in [0.1, 0.15) is 18.1 Å². The molecule has 0 fully saturated rings. The molecule has 0 radical (unpaired) electrons. The van der Waals surface area contributed by atoms with E-state index in [0.717, 1.165) is 23.5 Å². The zero-order valence-electron chi connectivity index (χ0n) is 9.90. The molecule has 0 bridgehead atoms. The molecule has 0 amide bonds. The highest BCUT2D eigenvalue weighted by Gasteiger charge is 2.04. The minimum atomic E-state index is 0.571. The summed E-state index contributed by atoms with van der Waals surface area (Å²) in [6.07, 6.45) is 4.74. The summed E-state index contributed by atoms with van der Waals surface area (Å²) in [6.45, 7) is 3.16. The van der Waals surface area contributed by atoms with Gasteiger partial charge in [0.05, 0.1) is 7.11 Å². The highest BCUT2D eigenvalue weighted by atomic mass is 16.5. The van der Waals surface area contributed by atoms with E-state index in [1.54, 1.807) is 7.11 Å². The Morgan fingerprint density at radius 3 is 2.81 bits per heavy atom. The van der Waals surface area contributed by atoms with E-state index >= 15 is 0 Å². The molecule has 0 unspecified atom stereocenters. The summed E-state index contributed by atoms with van der Waals surface area (Å²) in [5, 5.41) is 0. The predicted molar refractivity (Wildman–Crippen MR) is 66.1 cm³/mol. The van der Waals surface area contributed by atoms with Crippen molar-refractivity contribution in [1.29, 1.82) is 0 Å². The molecule has 88 valence electrons. The van der Waals surface area contributed by atoms with Crippen molar-refractivity contribution in [3.63, 3.8) is 0 Å². The van der Waals surface area contributed by atoms with Crippen LogP contribution in [-0.2, 0) is 6.42 Å². The van der Waals surface area contributed by atoms with Crippen molar-refractivity contribution in [3.05, 3.63) is 35.9 Å². The highest BCUT2D eigenvalue weighted by molar-refractivity contribution is 5.41. The Balaban J connectivity index is 2.81. The Hall–Kier alpha value is -1.48. The summed E-state index contributed by atoms with van der Waals surface area (Å²) >= 11 is 0. The third-order valence-electron chi connectivity index (χ3n) is 2.26. The molecule has 0 heterocycles. The van der Waals surface area contributed by atoms with Gasteiger partial charge in [-0.3, -0.25) is 0 Å². The second-order valence-electron chi connectivity index (χ2n) is 3.39. The Morgan fingerprint density at radius 2 is 2.19 bits per heavy atom. The van der Waals surface area contributed by atoms with E-state index in [-0.39, 0.29) is 0 Å². The van der Waals surface area contributed by atoms with Gasteiger partial charge in [-0.1, -0.05) is 18.2 Å². The first-order valence-electron chi connectivity index (χ1n) is 5.42. The molecular formula is C13H19NO2. The van der Waals surface area contributed by atoms with Crippen molar-refractivity contribution in [1.82, 2.24) is 0 Å². The fourth-order valence-electron chi connectivity index (χ4n) is 1.39. The number of hydrogen-bond acceptors (Lipinski definition) is 3. The number of ether oxygens (including phenoxy) is 2. The lowest BCUT2D eigenvalue weighted by Crippen LogP contribution is -2.05. The average Bonchev–Trinajstić information content (AvgIpc) is 2.31. The Labute approximate surface area is 96.9 Å². The minimum absolute atomic E-state index is 0.571. The van der Waals surface area contributed by atoms with Crippen LogP contribution in [0.15, 0.2) is 30.4 Å². The average molecular weight is 221 g/mol. The van der Waals surface area contributed by atoms with Crippen LogP contribution in [-0.4, -0.2) is 20.3 Å². The SMILES string of the molecule is C/C=C/COc1cc(OC)ccc1CCN. The van der Waals surface area contributed by atoms with Crippen LogP contribution in [0, 0.1) is 0 Å². The monoisotopic (exact) mass is 221 g/mol. The van der Waals surface area contributed by atoms with E-state index < -0.39 is 0 Å². The standard InChI is InChI=1S/C13H19NO2/c1-3-4-9-16-13-10-12(15-2)6-5-11(13)7-8-14/h3-6,10H,7-9,14H2,1-2H3/b4-3+. The van der Waals surface area contributed by atoms with E-state index in [2.05, 4.69) is 0 Å². The van der Waals surface area contributed by atoms with Crippen LogP contribution < -0.4 is 15.2 Å². The molecule has 0 saturated carbocycles. The number of allylic oxidation sites excluding steroid dienone is 1. The van der Waals surface area contributed by atoms with Crippen molar-refractivity contribution in [2.24, 2.45) is 5.73 Å². The molecule has 1 aromatic carbocycles. The summed E-state index contributed by atoms with van der Waals surface area (Å²) in [5.74, 6) is 1.65. The van der Waals surface area contributed by atoms with Gasteiger partial charge in [-0.15, -0.1) is 0 Å². The molecule has 3 nitrogen and oxygen atoms in total. The molecule has 0 aliphatic rings. The van der Waals surface area contributed by atoms with E-state index in [9.17, 15) is 0 Å². The maximum atomic E-state index is 5.65. The molecule has 0 aromatic heterocycles. The number of rotatable bonds is 6. The van der Waals surface area contributed by atoms with Crippen molar-refractivity contribution in [3.8, 4) is 11.5 Å². The third-order valence-corrected chi connectivity index (χ3v) is 2.26.